The van der Waals surface area contributed by atoms with Crippen molar-refractivity contribution < 1.29 is 8.42 Å². The van der Waals surface area contributed by atoms with Crippen LogP contribution in [0.2, 0.25) is 0 Å². The number of nitrogens with zero attached hydrogens (tertiary/aromatic N) is 3. The first kappa shape index (κ1) is 21.0. The van der Waals surface area contributed by atoms with Gasteiger partial charge in [0.05, 0.1) is 4.90 Å². The summed E-state index contributed by atoms with van der Waals surface area (Å²) >= 11 is 0. The first-order valence-electron chi connectivity index (χ1n) is 9.36. The van der Waals surface area contributed by atoms with Gasteiger partial charge in [-0.15, -0.1) is 0 Å². The maximum absolute atomic E-state index is 12.4. The minimum Gasteiger partial charge on any atom is -0.336 e. The lowest BCUT2D eigenvalue weighted by molar-refractivity contribution is 0.578. The van der Waals surface area contributed by atoms with Gasteiger partial charge in [0.1, 0.15) is 11.3 Å². The number of fused-ring (bicyclic) bond motifs is 1. The Kier molecular flexibility index (Phi) is 5.76. The van der Waals surface area contributed by atoms with Gasteiger partial charge in [0, 0.05) is 27.1 Å². The van der Waals surface area contributed by atoms with E-state index in [1.807, 2.05) is 26.0 Å². The van der Waals surface area contributed by atoms with E-state index in [9.17, 15) is 18.0 Å². The molecular formula is C19H25N5O4S. The molecule has 2 aromatic heterocycles. The third-order valence-corrected chi connectivity index (χ3v) is 6.36. The van der Waals surface area contributed by atoms with Crippen LogP contribution in [0, 0.1) is 0 Å². The van der Waals surface area contributed by atoms with E-state index >= 15 is 0 Å². The van der Waals surface area contributed by atoms with E-state index in [0.29, 0.717) is 30.2 Å². The van der Waals surface area contributed by atoms with Crippen LogP contribution in [0.5, 0.6) is 0 Å². The van der Waals surface area contributed by atoms with Gasteiger partial charge in [-0.2, -0.15) is 0 Å². The van der Waals surface area contributed by atoms with Crippen LogP contribution >= 0.6 is 0 Å². The van der Waals surface area contributed by atoms with Crippen LogP contribution in [0.1, 0.15) is 37.6 Å². The lowest BCUT2D eigenvalue weighted by Crippen LogP contribution is -2.36. The molecule has 2 heterocycles. The fourth-order valence-electron chi connectivity index (χ4n) is 3.07. The van der Waals surface area contributed by atoms with Gasteiger partial charge < -0.3 is 4.98 Å². The molecule has 0 amide bonds. The van der Waals surface area contributed by atoms with E-state index in [1.165, 1.54) is 11.6 Å². The predicted octanol–water partition coefficient (Wildman–Crippen LogP) is 0.995. The summed E-state index contributed by atoms with van der Waals surface area (Å²) < 4.78 is 29.7. The molecule has 29 heavy (non-hydrogen) atoms. The number of aromatic amines is 1. The molecule has 0 saturated heterocycles. The molecule has 2 N–H and O–H groups in total. The Morgan fingerprint density at radius 3 is 2.38 bits per heavy atom. The second-order valence-corrected chi connectivity index (χ2v) is 9.08. The molecule has 3 aromatic rings. The van der Waals surface area contributed by atoms with Gasteiger partial charge in [0.15, 0.2) is 5.65 Å². The molecule has 0 aliphatic carbocycles. The van der Waals surface area contributed by atoms with Crippen LogP contribution in [0.15, 0.2) is 38.8 Å². The Bertz CT molecular complexity index is 1250. The summed E-state index contributed by atoms with van der Waals surface area (Å²) in [5.74, 6) is 0.860. The van der Waals surface area contributed by atoms with Crippen LogP contribution < -0.4 is 16.0 Å². The molecule has 0 unspecified atom stereocenters. The highest BCUT2D eigenvalue weighted by molar-refractivity contribution is 7.89. The lowest BCUT2D eigenvalue weighted by Gasteiger charge is -2.09. The van der Waals surface area contributed by atoms with Crippen LogP contribution in [-0.2, 0) is 30.5 Å². The van der Waals surface area contributed by atoms with Crippen molar-refractivity contribution in [1.29, 1.82) is 0 Å². The van der Waals surface area contributed by atoms with Crippen molar-refractivity contribution in [3.63, 3.8) is 0 Å². The molecule has 0 aliphatic rings. The summed E-state index contributed by atoms with van der Waals surface area (Å²) in [6.07, 6.45) is 0.915. The Morgan fingerprint density at radius 2 is 1.76 bits per heavy atom. The van der Waals surface area contributed by atoms with Gasteiger partial charge in [-0.3, -0.25) is 13.9 Å². The van der Waals surface area contributed by atoms with Crippen molar-refractivity contribution in [2.45, 2.75) is 37.5 Å². The molecule has 0 aliphatic heterocycles. The smallest absolute Gasteiger partial charge is 0.332 e. The lowest BCUT2D eigenvalue weighted by atomic mass is 10.0. The number of hydrogen-bond acceptors (Lipinski definition) is 5. The quantitative estimate of drug-likeness (QED) is 0.554. The highest BCUT2D eigenvalue weighted by atomic mass is 32.2. The predicted molar refractivity (Wildman–Crippen MR) is 111 cm³/mol. The Labute approximate surface area is 168 Å². The summed E-state index contributed by atoms with van der Waals surface area (Å²) in [5.41, 5.74) is 0.743. The van der Waals surface area contributed by atoms with E-state index < -0.39 is 21.3 Å². The van der Waals surface area contributed by atoms with Crippen LogP contribution in [0.3, 0.4) is 0 Å². The number of sulfonamides is 1. The van der Waals surface area contributed by atoms with Gasteiger partial charge in [0.2, 0.25) is 10.0 Å². The van der Waals surface area contributed by atoms with Crippen molar-refractivity contribution in [1.82, 2.24) is 23.8 Å². The molecule has 0 saturated carbocycles. The van der Waals surface area contributed by atoms with Gasteiger partial charge in [0.25, 0.3) is 5.56 Å². The van der Waals surface area contributed by atoms with E-state index in [1.54, 1.807) is 19.2 Å². The van der Waals surface area contributed by atoms with Gasteiger partial charge >= 0.3 is 5.69 Å². The number of aromatic nitrogens is 4. The molecule has 0 atom stereocenters. The maximum Gasteiger partial charge on any atom is 0.332 e. The molecule has 1 aromatic carbocycles. The topological polar surface area (TPSA) is 119 Å². The Hall–Kier alpha value is -2.72. The molecule has 3 rings (SSSR count). The first-order chi connectivity index (χ1) is 13.6. The van der Waals surface area contributed by atoms with Crippen molar-refractivity contribution in [2.24, 2.45) is 14.1 Å². The fourth-order valence-corrected chi connectivity index (χ4v) is 4.14. The number of aryl methyl sites for hydroxylation is 2. The van der Waals surface area contributed by atoms with Gasteiger partial charge in [-0.25, -0.2) is 22.9 Å². The van der Waals surface area contributed by atoms with E-state index in [0.717, 1.165) is 10.1 Å². The fraction of sp³-hybridized carbons (Fsp3) is 0.421. The molecule has 10 heteroatoms. The van der Waals surface area contributed by atoms with Crippen LogP contribution in [0.4, 0.5) is 0 Å². The average molecular weight is 420 g/mol. The normalized spacial score (nSPS) is 12.2. The molecular weight excluding hydrogens is 394 g/mol. The zero-order valence-corrected chi connectivity index (χ0v) is 17.7. The summed E-state index contributed by atoms with van der Waals surface area (Å²) in [6, 6.07) is 6.84. The maximum atomic E-state index is 12.4. The summed E-state index contributed by atoms with van der Waals surface area (Å²) in [4.78, 5) is 31.6. The van der Waals surface area contributed by atoms with Crippen molar-refractivity contribution in [2.75, 3.05) is 6.54 Å². The molecule has 9 nitrogen and oxygen atoms in total. The standard InChI is InChI=1S/C19H25N5O4S/c1-12(2)13-7-9-14(10-8-13)29(27,28)20-11-5-6-15-21-16-17(22-15)23(3)19(26)24(4)18(16)25/h7-10,12,20H,5-6,11H2,1-4H3,(H,21,22). The molecule has 0 fully saturated rings. The highest BCUT2D eigenvalue weighted by Gasteiger charge is 2.15. The van der Waals surface area contributed by atoms with Gasteiger partial charge in [-0.05, 0) is 30.0 Å². The monoisotopic (exact) mass is 419 g/mol. The number of imidazole rings is 1. The molecule has 156 valence electrons. The minimum absolute atomic E-state index is 0.224. The summed E-state index contributed by atoms with van der Waals surface area (Å²) in [6.45, 7) is 4.32. The first-order valence-corrected chi connectivity index (χ1v) is 10.8. The summed E-state index contributed by atoms with van der Waals surface area (Å²) in [7, 11) is -0.627. The molecule has 0 radical (unpaired) electrons. The van der Waals surface area contributed by atoms with Gasteiger partial charge in [-0.1, -0.05) is 26.0 Å². The number of hydrogen-bond donors (Lipinski definition) is 2. The van der Waals surface area contributed by atoms with Crippen molar-refractivity contribution in [3.05, 3.63) is 56.5 Å². The number of H-pyrrole nitrogens is 1. The SMILES string of the molecule is CC(C)c1ccc(S(=O)(=O)NCCCc2nc3c([nH]2)c(=O)n(C)c(=O)n3C)cc1. The molecule has 0 spiro atoms. The number of rotatable bonds is 7. The van der Waals surface area contributed by atoms with E-state index in [-0.39, 0.29) is 17.0 Å². The number of nitrogens with one attached hydrogen (secondary N) is 2. The third-order valence-electron chi connectivity index (χ3n) is 4.88. The van der Waals surface area contributed by atoms with Crippen LogP contribution in [-0.4, -0.2) is 34.1 Å². The van der Waals surface area contributed by atoms with Crippen molar-refractivity contribution in [3.8, 4) is 0 Å². The number of benzene rings is 1. The van der Waals surface area contributed by atoms with E-state index in [4.69, 9.17) is 0 Å². The van der Waals surface area contributed by atoms with Crippen LogP contribution in [0.25, 0.3) is 11.2 Å². The second-order valence-electron chi connectivity index (χ2n) is 7.31. The van der Waals surface area contributed by atoms with E-state index in [2.05, 4.69) is 14.7 Å². The largest absolute Gasteiger partial charge is 0.336 e. The highest BCUT2D eigenvalue weighted by Crippen LogP contribution is 2.17. The minimum atomic E-state index is -3.59. The second kappa shape index (κ2) is 7.96. The summed E-state index contributed by atoms with van der Waals surface area (Å²) in [5, 5.41) is 0. The molecule has 0 bridgehead atoms. The van der Waals surface area contributed by atoms with Crippen molar-refractivity contribution >= 4 is 21.2 Å². The third kappa shape index (κ3) is 4.18. The zero-order valence-electron chi connectivity index (χ0n) is 16.9. The Morgan fingerprint density at radius 1 is 1.10 bits per heavy atom. The zero-order chi connectivity index (χ0) is 21.3. The Balaban J connectivity index is 1.66. The average Bonchev–Trinajstić information content (AvgIpc) is 3.12.